The standard InChI is InChI=1S/C13H18O3/c1-10(13-12(7-14)16-13)8-15-9-11-5-3-2-4-6-11/h2-6,10,12-14H,7-9H2,1H3/t10-,12+,13+/m0/s1. The summed E-state index contributed by atoms with van der Waals surface area (Å²) in [6.45, 7) is 3.52. The molecule has 88 valence electrons. The van der Waals surface area contributed by atoms with E-state index in [1.807, 2.05) is 18.2 Å². The van der Waals surface area contributed by atoms with E-state index in [1.54, 1.807) is 0 Å². The van der Waals surface area contributed by atoms with E-state index in [4.69, 9.17) is 14.6 Å². The molecule has 0 unspecified atom stereocenters. The van der Waals surface area contributed by atoms with Gasteiger partial charge >= 0.3 is 0 Å². The second-order valence-corrected chi connectivity index (χ2v) is 4.30. The maximum Gasteiger partial charge on any atom is 0.108 e. The molecule has 0 aromatic heterocycles. The van der Waals surface area contributed by atoms with Gasteiger partial charge in [-0.1, -0.05) is 37.3 Å². The second-order valence-electron chi connectivity index (χ2n) is 4.30. The van der Waals surface area contributed by atoms with Gasteiger partial charge in [0.1, 0.15) is 6.10 Å². The van der Waals surface area contributed by atoms with Crippen LogP contribution >= 0.6 is 0 Å². The van der Waals surface area contributed by atoms with E-state index in [0.29, 0.717) is 19.1 Å². The highest BCUT2D eigenvalue weighted by molar-refractivity contribution is 5.13. The molecule has 1 heterocycles. The molecule has 0 saturated carbocycles. The number of aliphatic hydroxyl groups is 1. The van der Waals surface area contributed by atoms with Crippen molar-refractivity contribution in [2.24, 2.45) is 5.92 Å². The van der Waals surface area contributed by atoms with Crippen molar-refractivity contribution < 1.29 is 14.6 Å². The predicted octanol–water partition coefficient (Wildman–Crippen LogP) is 1.60. The lowest BCUT2D eigenvalue weighted by atomic mass is 10.1. The Morgan fingerprint density at radius 3 is 2.75 bits per heavy atom. The number of hydrogen-bond acceptors (Lipinski definition) is 3. The van der Waals surface area contributed by atoms with Gasteiger partial charge in [0.2, 0.25) is 0 Å². The van der Waals surface area contributed by atoms with Crippen molar-refractivity contribution in [3.8, 4) is 0 Å². The van der Waals surface area contributed by atoms with Crippen LogP contribution in [0.15, 0.2) is 30.3 Å². The number of rotatable bonds is 6. The summed E-state index contributed by atoms with van der Waals surface area (Å²) in [5.41, 5.74) is 1.19. The normalized spacial score (nSPS) is 25.4. The Kier molecular flexibility index (Phi) is 3.93. The quantitative estimate of drug-likeness (QED) is 0.743. The summed E-state index contributed by atoms with van der Waals surface area (Å²) >= 11 is 0. The molecule has 1 N–H and O–H groups in total. The number of benzene rings is 1. The van der Waals surface area contributed by atoms with Crippen molar-refractivity contribution in [1.29, 1.82) is 0 Å². The molecule has 0 aliphatic carbocycles. The summed E-state index contributed by atoms with van der Waals surface area (Å²) in [4.78, 5) is 0. The van der Waals surface area contributed by atoms with Crippen LogP contribution in [0.25, 0.3) is 0 Å². The third-order valence-corrected chi connectivity index (χ3v) is 2.85. The molecule has 1 aromatic carbocycles. The minimum absolute atomic E-state index is 0.0373. The average Bonchev–Trinajstić information content (AvgIpc) is 3.09. The van der Waals surface area contributed by atoms with Crippen LogP contribution in [0.3, 0.4) is 0 Å². The van der Waals surface area contributed by atoms with Gasteiger partial charge in [0.25, 0.3) is 0 Å². The molecular weight excluding hydrogens is 204 g/mol. The van der Waals surface area contributed by atoms with Gasteiger partial charge in [-0.05, 0) is 5.56 Å². The molecule has 1 saturated heterocycles. The third-order valence-electron chi connectivity index (χ3n) is 2.85. The van der Waals surface area contributed by atoms with Crippen LogP contribution < -0.4 is 0 Å². The van der Waals surface area contributed by atoms with Gasteiger partial charge in [-0.3, -0.25) is 0 Å². The molecule has 16 heavy (non-hydrogen) atoms. The van der Waals surface area contributed by atoms with Crippen molar-refractivity contribution in [2.75, 3.05) is 13.2 Å². The SMILES string of the molecule is C[C@@H](COCc1ccccc1)[C@H]1O[C@@H]1CO. The molecule has 3 heteroatoms. The van der Waals surface area contributed by atoms with E-state index in [9.17, 15) is 0 Å². The number of epoxide rings is 1. The molecule has 1 aliphatic heterocycles. The Morgan fingerprint density at radius 2 is 2.12 bits per heavy atom. The molecule has 0 amide bonds. The first-order valence-corrected chi connectivity index (χ1v) is 5.69. The van der Waals surface area contributed by atoms with Gasteiger partial charge in [0.05, 0.1) is 25.9 Å². The van der Waals surface area contributed by atoms with Crippen molar-refractivity contribution in [3.63, 3.8) is 0 Å². The molecule has 0 bridgehead atoms. The summed E-state index contributed by atoms with van der Waals surface area (Å²) in [5, 5.41) is 8.86. The van der Waals surface area contributed by atoms with Gasteiger partial charge in [0, 0.05) is 5.92 Å². The van der Waals surface area contributed by atoms with Crippen molar-refractivity contribution in [1.82, 2.24) is 0 Å². The number of hydrogen-bond donors (Lipinski definition) is 1. The number of aliphatic hydroxyl groups excluding tert-OH is 1. The molecule has 2 rings (SSSR count). The zero-order valence-corrected chi connectivity index (χ0v) is 9.50. The smallest absolute Gasteiger partial charge is 0.108 e. The Morgan fingerprint density at radius 1 is 1.38 bits per heavy atom. The second kappa shape index (κ2) is 5.43. The van der Waals surface area contributed by atoms with Crippen molar-refractivity contribution >= 4 is 0 Å². The maximum atomic E-state index is 8.86. The fraction of sp³-hybridized carbons (Fsp3) is 0.538. The lowest BCUT2D eigenvalue weighted by Crippen LogP contribution is -2.15. The molecule has 0 spiro atoms. The van der Waals surface area contributed by atoms with Crippen LogP contribution in [-0.4, -0.2) is 30.5 Å². The van der Waals surface area contributed by atoms with E-state index in [1.165, 1.54) is 5.56 Å². The van der Waals surface area contributed by atoms with E-state index >= 15 is 0 Å². The zero-order valence-electron chi connectivity index (χ0n) is 9.50. The first kappa shape index (κ1) is 11.6. The van der Waals surface area contributed by atoms with Gasteiger partial charge < -0.3 is 14.6 Å². The van der Waals surface area contributed by atoms with Crippen LogP contribution in [0.2, 0.25) is 0 Å². The molecule has 1 fully saturated rings. The average molecular weight is 222 g/mol. The fourth-order valence-electron chi connectivity index (χ4n) is 1.84. The Hall–Kier alpha value is -0.900. The van der Waals surface area contributed by atoms with Gasteiger partial charge in [-0.25, -0.2) is 0 Å². The highest BCUT2D eigenvalue weighted by Gasteiger charge is 2.42. The van der Waals surface area contributed by atoms with Crippen LogP contribution in [0.1, 0.15) is 12.5 Å². The van der Waals surface area contributed by atoms with E-state index in [0.717, 1.165) is 0 Å². The van der Waals surface area contributed by atoms with Crippen LogP contribution in [0.5, 0.6) is 0 Å². The van der Waals surface area contributed by atoms with Gasteiger partial charge in [-0.15, -0.1) is 0 Å². The zero-order chi connectivity index (χ0) is 11.4. The monoisotopic (exact) mass is 222 g/mol. The van der Waals surface area contributed by atoms with E-state index in [2.05, 4.69) is 19.1 Å². The highest BCUT2D eigenvalue weighted by atomic mass is 16.6. The maximum absolute atomic E-state index is 8.86. The van der Waals surface area contributed by atoms with Gasteiger partial charge in [-0.2, -0.15) is 0 Å². The first-order chi connectivity index (χ1) is 7.81. The van der Waals surface area contributed by atoms with Crippen LogP contribution in [-0.2, 0) is 16.1 Å². The summed E-state index contributed by atoms with van der Waals surface area (Å²) < 4.78 is 10.9. The largest absolute Gasteiger partial charge is 0.394 e. The van der Waals surface area contributed by atoms with E-state index < -0.39 is 0 Å². The Labute approximate surface area is 96.0 Å². The van der Waals surface area contributed by atoms with Crippen molar-refractivity contribution in [3.05, 3.63) is 35.9 Å². The van der Waals surface area contributed by atoms with Crippen molar-refractivity contribution in [2.45, 2.75) is 25.7 Å². The molecule has 3 nitrogen and oxygen atoms in total. The topological polar surface area (TPSA) is 42.0 Å². The highest BCUT2D eigenvalue weighted by Crippen LogP contribution is 2.29. The Bertz CT molecular complexity index is 312. The lowest BCUT2D eigenvalue weighted by molar-refractivity contribution is 0.0825. The Balaban J connectivity index is 1.65. The van der Waals surface area contributed by atoms with E-state index in [-0.39, 0.29) is 18.8 Å². The summed E-state index contributed by atoms with van der Waals surface area (Å²) in [6.07, 6.45) is 0.219. The lowest BCUT2D eigenvalue weighted by Gasteiger charge is -2.09. The number of ether oxygens (including phenoxy) is 2. The predicted molar refractivity (Wildman–Crippen MR) is 61.0 cm³/mol. The third kappa shape index (κ3) is 3.04. The molecular formula is C13H18O3. The molecule has 3 atom stereocenters. The first-order valence-electron chi connectivity index (χ1n) is 5.69. The van der Waals surface area contributed by atoms with Crippen LogP contribution in [0.4, 0.5) is 0 Å². The summed E-state index contributed by atoms with van der Waals surface area (Å²) in [6, 6.07) is 10.1. The molecule has 0 radical (unpaired) electrons. The molecule has 1 aromatic rings. The molecule has 1 aliphatic rings. The summed E-state index contributed by atoms with van der Waals surface area (Å²) in [5.74, 6) is 0.348. The van der Waals surface area contributed by atoms with Gasteiger partial charge in [0.15, 0.2) is 0 Å². The van der Waals surface area contributed by atoms with Crippen LogP contribution in [0, 0.1) is 5.92 Å². The minimum atomic E-state index is 0.0373. The summed E-state index contributed by atoms with van der Waals surface area (Å²) in [7, 11) is 0. The minimum Gasteiger partial charge on any atom is -0.394 e. The fourth-order valence-corrected chi connectivity index (χ4v) is 1.84.